The third-order valence-electron chi connectivity index (χ3n) is 4.87. The number of furan rings is 1. The maximum absolute atomic E-state index is 12.9. The molecule has 2 fully saturated rings. The highest BCUT2D eigenvalue weighted by Gasteiger charge is 2.41. The number of nitrogens with zero attached hydrogens (tertiary/aromatic N) is 2. The lowest BCUT2D eigenvalue weighted by Gasteiger charge is -2.37. The number of hydrogen-bond acceptors (Lipinski definition) is 4. The summed E-state index contributed by atoms with van der Waals surface area (Å²) in [6.07, 6.45) is 1.47. The molecule has 2 aromatic heterocycles. The summed E-state index contributed by atoms with van der Waals surface area (Å²) in [5, 5.41) is 0. The second-order valence-corrected chi connectivity index (χ2v) is 6.28. The molecule has 0 aliphatic carbocycles. The number of aryl methyl sites for hydroxylation is 2. The standard InChI is InChI=1S/C17H22N2O4/c1-3-19-13-10-12(2)23-15(13)11-14(19)16(20)18-6-4-17(5-7-18)21-8-9-22-17/h10-11H,3-9H2,1-2H3. The Morgan fingerprint density at radius 1 is 1.22 bits per heavy atom. The quantitative estimate of drug-likeness (QED) is 0.854. The number of piperidine rings is 1. The lowest BCUT2D eigenvalue weighted by molar-refractivity contribution is -0.181. The van der Waals surface area contributed by atoms with Gasteiger partial charge in [-0.15, -0.1) is 0 Å². The molecule has 2 saturated heterocycles. The van der Waals surface area contributed by atoms with Gasteiger partial charge in [0.1, 0.15) is 11.5 Å². The smallest absolute Gasteiger partial charge is 0.270 e. The van der Waals surface area contributed by atoms with Crippen LogP contribution in [0.25, 0.3) is 11.1 Å². The fourth-order valence-electron chi connectivity index (χ4n) is 3.68. The van der Waals surface area contributed by atoms with Crippen molar-refractivity contribution < 1.29 is 18.7 Å². The van der Waals surface area contributed by atoms with Crippen LogP contribution in [0.5, 0.6) is 0 Å². The van der Waals surface area contributed by atoms with E-state index in [9.17, 15) is 4.79 Å². The summed E-state index contributed by atoms with van der Waals surface area (Å²) in [4.78, 5) is 14.8. The molecule has 2 aliphatic rings. The van der Waals surface area contributed by atoms with Crippen LogP contribution in [0.3, 0.4) is 0 Å². The lowest BCUT2D eigenvalue weighted by atomic mass is 10.0. The SMILES string of the molecule is CCn1c(C(=O)N2CCC3(CC2)OCCO3)cc2oc(C)cc21. The molecule has 6 heteroatoms. The highest BCUT2D eigenvalue weighted by molar-refractivity contribution is 5.97. The van der Waals surface area contributed by atoms with Gasteiger partial charge >= 0.3 is 0 Å². The number of ether oxygens (including phenoxy) is 2. The van der Waals surface area contributed by atoms with E-state index < -0.39 is 5.79 Å². The number of hydrogen-bond donors (Lipinski definition) is 0. The summed E-state index contributed by atoms with van der Waals surface area (Å²) in [6.45, 7) is 7.34. The third kappa shape index (κ3) is 2.37. The Morgan fingerprint density at radius 2 is 1.91 bits per heavy atom. The Kier molecular flexibility index (Phi) is 3.46. The van der Waals surface area contributed by atoms with Gasteiger partial charge in [-0.25, -0.2) is 0 Å². The van der Waals surface area contributed by atoms with E-state index in [0.717, 1.165) is 36.2 Å². The first-order valence-electron chi connectivity index (χ1n) is 8.29. The predicted molar refractivity (Wildman–Crippen MR) is 84.4 cm³/mol. The van der Waals surface area contributed by atoms with Crippen LogP contribution in [0, 0.1) is 6.92 Å². The summed E-state index contributed by atoms with van der Waals surface area (Å²) in [7, 11) is 0. The van der Waals surface area contributed by atoms with Crippen molar-refractivity contribution in [3.8, 4) is 0 Å². The van der Waals surface area contributed by atoms with Crippen LogP contribution < -0.4 is 0 Å². The van der Waals surface area contributed by atoms with Crippen molar-refractivity contribution >= 4 is 17.0 Å². The number of rotatable bonds is 2. The zero-order valence-electron chi connectivity index (χ0n) is 13.6. The van der Waals surface area contributed by atoms with Crippen LogP contribution in [-0.4, -0.2) is 47.5 Å². The van der Waals surface area contributed by atoms with Crippen molar-refractivity contribution in [3.05, 3.63) is 23.6 Å². The van der Waals surface area contributed by atoms with Crippen LogP contribution >= 0.6 is 0 Å². The molecule has 0 atom stereocenters. The number of likely N-dealkylation sites (tertiary alicyclic amines) is 1. The molecule has 124 valence electrons. The summed E-state index contributed by atoms with van der Waals surface area (Å²) in [6, 6.07) is 3.85. The normalized spacial score (nSPS) is 20.7. The van der Waals surface area contributed by atoms with Crippen LogP contribution in [0.2, 0.25) is 0 Å². The fourth-order valence-corrected chi connectivity index (χ4v) is 3.68. The molecule has 1 amide bonds. The van der Waals surface area contributed by atoms with E-state index in [1.165, 1.54) is 0 Å². The molecule has 1 spiro atoms. The highest BCUT2D eigenvalue weighted by atomic mass is 16.7. The monoisotopic (exact) mass is 318 g/mol. The molecule has 0 bridgehead atoms. The van der Waals surface area contributed by atoms with E-state index in [2.05, 4.69) is 0 Å². The topological polar surface area (TPSA) is 56.8 Å². The molecule has 4 heterocycles. The van der Waals surface area contributed by atoms with Crippen LogP contribution in [0.4, 0.5) is 0 Å². The first-order valence-corrected chi connectivity index (χ1v) is 8.29. The maximum Gasteiger partial charge on any atom is 0.270 e. The van der Waals surface area contributed by atoms with Gasteiger partial charge in [-0.1, -0.05) is 0 Å². The zero-order chi connectivity index (χ0) is 16.0. The van der Waals surface area contributed by atoms with E-state index >= 15 is 0 Å². The lowest BCUT2D eigenvalue weighted by Crippen LogP contribution is -2.47. The van der Waals surface area contributed by atoms with Gasteiger partial charge in [0.2, 0.25) is 0 Å². The minimum Gasteiger partial charge on any atom is -0.460 e. The molecule has 0 aromatic carbocycles. The average Bonchev–Trinajstić information content (AvgIpc) is 3.22. The van der Waals surface area contributed by atoms with Gasteiger partial charge in [0.05, 0.1) is 18.7 Å². The number of amides is 1. The summed E-state index contributed by atoms with van der Waals surface area (Å²) >= 11 is 0. The Hall–Kier alpha value is -1.79. The number of fused-ring (bicyclic) bond motifs is 1. The first kappa shape index (κ1) is 14.8. The minimum atomic E-state index is -0.450. The molecule has 0 N–H and O–H groups in total. The van der Waals surface area contributed by atoms with E-state index in [-0.39, 0.29) is 5.91 Å². The average molecular weight is 318 g/mol. The van der Waals surface area contributed by atoms with Crippen molar-refractivity contribution in [2.75, 3.05) is 26.3 Å². The van der Waals surface area contributed by atoms with Gasteiger partial charge in [0.25, 0.3) is 5.91 Å². The molecule has 0 saturated carbocycles. The fraction of sp³-hybridized carbons (Fsp3) is 0.588. The Bertz CT molecular complexity index is 729. The minimum absolute atomic E-state index is 0.0590. The largest absolute Gasteiger partial charge is 0.460 e. The summed E-state index contributed by atoms with van der Waals surface area (Å²) in [5.74, 6) is 0.476. The molecular weight excluding hydrogens is 296 g/mol. The number of carbonyl (C=O) groups is 1. The van der Waals surface area contributed by atoms with Crippen LogP contribution in [-0.2, 0) is 16.0 Å². The van der Waals surface area contributed by atoms with Crippen LogP contribution in [0.1, 0.15) is 36.0 Å². The van der Waals surface area contributed by atoms with Crippen molar-refractivity contribution in [3.63, 3.8) is 0 Å². The van der Waals surface area contributed by atoms with Crippen LogP contribution in [0.15, 0.2) is 16.5 Å². The molecule has 4 rings (SSSR count). The second-order valence-electron chi connectivity index (χ2n) is 6.28. The van der Waals surface area contributed by atoms with Crippen molar-refractivity contribution in [1.29, 1.82) is 0 Å². The zero-order valence-corrected chi connectivity index (χ0v) is 13.6. The van der Waals surface area contributed by atoms with Gasteiger partial charge in [-0.3, -0.25) is 4.79 Å². The van der Waals surface area contributed by atoms with E-state index in [4.69, 9.17) is 13.9 Å². The molecule has 2 aromatic rings. The van der Waals surface area contributed by atoms with Crippen molar-refractivity contribution in [2.24, 2.45) is 0 Å². The second kappa shape index (κ2) is 5.39. The molecule has 0 unspecified atom stereocenters. The van der Waals surface area contributed by atoms with E-state index in [1.54, 1.807) is 0 Å². The van der Waals surface area contributed by atoms with Gasteiger partial charge < -0.3 is 23.4 Å². The van der Waals surface area contributed by atoms with Gasteiger partial charge in [-0.2, -0.15) is 0 Å². The van der Waals surface area contributed by atoms with Gasteiger partial charge in [-0.05, 0) is 13.8 Å². The Morgan fingerprint density at radius 3 is 2.57 bits per heavy atom. The molecule has 0 radical (unpaired) electrons. The Balaban J connectivity index is 1.56. The number of carbonyl (C=O) groups excluding carboxylic acids is 1. The third-order valence-corrected chi connectivity index (χ3v) is 4.87. The highest BCUT2D eigenvalue weighted by Crippen LogP contribution is 2.32. The molecule has 23 heavy (non-hydrogen) atoms. The van der Waals surface area contributed by atoms with E-state index in [1.807, 2.05) is 35.4 Å². The summed E-state index contributed by atoms with van der Waals surface area (Å²) < 4.78 is 19.2. The molecule has 2 aliphatic heterocycles. The molecule has 6 nitrogen and oxygen atoms in total. The maximum atomic E-state index is 12.9. The number of aromatic nitrogens is 1. The van der Waals surface area contributed by atoms with Crippen molar-refractivity contribution in [2.45, 2.75) is 39.0 Å². The van der Waals surface area contributed by atoms with Gasteiger partial charge in [0.15, 0.2) is 11.4 Å². The Labute approximate surface area is 134 Å². The van der Waals surface area contributed by atoms with E-state index in [0.29, 0.717) is 32.0 Å². The first-order chi connectivity index (χ1) is 11.1. The molecular formula is C17H22N2O4. The summed E-state index contributed by atoms with van der Waals surface area (Å²) in [5.41, 5.74) is 2.47. The van der Waals surface area contributed by atoms with Gasteiger partial charge in [0, 0.05) is 44.6 Å². The predicted octanol–water partition coefficient (Wildman–Crippen LogP) is 2.54. The van der Waals surface area contributed by atoms with Crippen molar-refractivity contribution in [1.82, 2.24) is 9.47 Å².